The van der Waals surface area contributed by atoms with E-state index in [1.807, 2.05) is 0 Å². The van der Waals surface area contributed by atoms with Crippen LogP contribution in [0.15, 0.2) is 22.7 Å². The van der Waals surface area contributed by atoms with Crippen LogP contribution in [0.5, 0.6) is 0 Å². The van der Waals surface area contributed by atoms with Crippen LogP contribution in [-0.2, 0) is 5.88 Å². The molecule has 0 amide bonds. The molecule has 0 bridgehead atoms. The number of nitrogens with zero attached hydrogens (tertiary/aromatic N) is 1. The fourth-order valence-corrected chi connectivity index (χ4v) is 2.81. The van der Waals surface area contributed by atoms with Crippen LogP contribution in [0.4, 0.5) is 5.69 Å². The molecule has 0 atom stereocenters. The van der Waals surface area contributed by atoms with Gasteiger partial charge in [0.25, 0.3) is 0 Å². The van der Waals surface area contributed by atoms with E-state index in [1.54, 1.807) is 0 Å². The van der Waals surface area contributed by atoms with Gasteiger partial charge in [-0.25, -0.2) is 0 Å². The smallest absolute Gasteiger partial charge is 0.0485 e. The number of anilines is 1. The van der Waals surface area contributed by atoms with Crippen molar-refractivity contribution in [2.45, 2.75) is 38.6 Å². The van der Waals surface area contributed by atoms with Crippen molar-refractivity contribution in [3.63, 3.8) is 0 Å². The van der Waals surface area contributed by atoms with Gasteiger partial charge in [0.1, 0.15) is 0 Å². The van der Waals surface area contributed by atoms with E-state index < -0.39 is 0 Å². The lowest BCUT2D eigenvalue weighted by Crippen LogP contribution is -2.30. The van der Waals surface area contributed by atoms with Gasteiger partial charge in [-0.15, -0.1) is 11.6 Å². The van der Waals surface area contributed by atoms with E-state index in [1.165, 1.54) is 18.5 Å². The lowest BCUT2D eigenvalue weighted by molar-refractivity contribution is 0.591. The fourth-order valence-electron chi connectivity index (χ4n) is 1.91. The lowest BCUT2D eigenvalue weighted by atomic mass is 10.1. The molecule has 1 nitrogen and oxygen atoms in total. The van der Waals surface area contributed by atoms with Gasteiger partial charge < -0.3 is 4.90 Å². The Morgan fingerprint density at radius 1 is 1.31 bits per heavy atom. The van der Waals surface area contributed by atoms with Crippen LogP contribution in [0.1, 0.15) is 32.3 Å². The highest BCUT2D eigenvalue weighted by molar-refractivity contribution is 9.10. The number of halogens is 2. The van der Waals surface area contributed by atoms with Gasteiger partial charge in [-0.05, 0) is 30.5 Å². The van der Waals surface area contributed by atoms with Gasteiger partial charge in [-0.2, -0.15) is 0 Å². The van der Waals surface area contributed by atoms with Crippen molar-refractivity contribution in [3.05, 3.63) is 28.2 Å². The van der Waals surface area contributed by atoms with Crippen molar-refractivity contribution < 1.29 is 0 Å². The molecule has 0 aliphatic rings. The van der Waals surface area contributed by atoms with Gasteiger partial charge in [-0.3, -0.25) is 0 Å². The summed E-state index contributed by atoms with van der Waals surface area (Å²) in [5.41, 5.74) is 2.39. The summed E-state index contributed by atoms with van der Waals surface area (Å²) in [6, 6.07) is 6.98. The van der Waals surface area contributed by atoms with E-state index >= 15 is 0 Å². The number of hydrogen-bond acceptors (Lipinski definition) is 1. The number of benzene rings is 1. The third kappa shape index (κ3) is 3.14. The number of alkyl halides is 1. The molecule has 0 heterocycles. The Bertz CT molecular complexity index is 337. The van der Waals surface area contributed by atoms with E-state index in [0.717, 1.165) is 10.0 Å². The van der Waals surface area contributed by atoms with Gasteiger partial charge in [-0.1, -0.05) is 35.8 Å². The molecule has 16 heavy (non-hydrogen) atoms. The average Bonchev–Trinajstić information content (AvgIpc) is 2.30. The molecule has 0 unspecified atom stereocenters. The maximum absolute atomic E-state index is 5.84. The zero-order chi connectivity index (χ0) is 12.1. The van der Waals surface area contributed by atoms with Crippen molar-refractivity contribution in [1.82, 2.24) is 0 Å². The molecule has 0 aliphatic heterocycles. The van der Waals surface area contributed by atoms with Crippen LogP contribution in [0, 0.1) is 0 Å². The van der Waals surface area contributed by atoms with Crippen LogP contribution in [-0.4, -0.2) is 13.1 Å². The van der Waals surface area contributed by atoms with Crippen LogP contribution < -0.4 is 4.90 Å². The first-order valence-corrected chi connectivity index (χ1v) is 7.04. The molecule has 1 rings (SSSR count). The van der Waals surface area contributed by atoms with Crippen LogP contribution in [0.2, 0.25) is 0 Å². The molecule has 1 aromatic rings. The normalized spacial score (nSPS) is 10.9. The number of hydrogen-bond donors (Lipinski definition) is 0. The first-order chi connectivity index (χ1) is 7.63. The molecular weight excluding hydrogens is 286 g/mol. The SMILES string of the molecule is CCC(CC)N(C)c1ccc(CCl)c(Br)c1. The molecule has 0 fully saturated rings. The summed E-state index contributed by atoms with van der Waals surface area (Å²) in [5, 5.41) is 0. The quantitative estimate of drug-likeness (QED) is 0.705. The Hall–Kier alpha value is -0.210. The van der Waals surface area contributed by atoms with Crippen molar-refractivity contribution in [2.75, 3.05) is 11.9 Å². The molecule has 0 spiro atoms. The summed E-state index contributed by atoms with van der Waals surface area (Å²) in [6.07, 6.45) is 2.34. The van der Waals surface area contributed by atoms with Crippen molar-refractivity contribution in [2.24, 2.45) is 0 Å². The largest absolute Gasteiger partial charge is 0.372 e. The van der Waals surface area contributed by atoms with E-state index in [4.69, 9.17) is 11.6 Å². The molecule has 3 heteroatoms. The Balaban J connectivity index is 2.91. The molecule has 0 aromatic heterocycles. The molecule has 0 radical (unpaired) electrons. The Labute approximate surface area is 112 Å². The highest BCUT2D eigenvalue weighted by Gasteiger charge is 2.12. The van der Waals surface area contributed by atoms with Crippen molar-refractivity contribution >= 4 is 33.2 Å². The van der Waals surface area contributed by atoms with Gasteiger partial charge in [0.05, 0.1) is 0 Å². The highest BCUT2D eigenvalue weighted by atomic mass is 79.9. The minimum Gasteiger partial charge on any atom is -0.372 e. The van der Waals surface area contributed by atoms with Gasteiger partial charge >= 0.3 is 0 Å². The van der Waals surface area contributed by atoms with E-state index in [-0.39, 0.29) is 0 Å². The number of rotatable bonds is 5. The third-order valence-electron chi connectivity index (χ3n) is 3.08. The van der Waals surface area contributed by atoms with Crippen LogP contribution in [0.25, 0.3) is 0 Å². The Morgan fingerprint density at radius 3 is 2.38 bits per heavy atom. The minimum atomic E-state index is 0.551. The Morgan fingerprint density at radius 2 is 1.94 bits per heavy atom. The lowest BCUT2D eigenvalue weighted by Gasteiger charge is -2.28. The third-order valence-corrected chi connectivity index (χ3v) is 4.10. The second-order valence-corrected chi connectivity index (χ2v) is 5.11. The molecule has 0 aliphatic carbocycles. The molecule has 0 saturated heterocycles. The molecular formula is C13H19BrClN. The minimum absolute atomic E-state index is 0.551. The predicted octanol–water partition coefficient (Wildman–Crippen LogP) is 4.81. The molecule has 90 valence electrons. The molecule has 0 saturated carbocycles. The zero-order valence-corrected chi connectivity index (χ0v) is 12.5. The fraction of sp³-hybridized carbons (Fsp3) is 0.538. The average molecular weight is 305 g/mol. The highest BCUT2D eigenvalue weighted by Crippen LogP contribution is 2.26. The monoisotopic (exact) mass is 303 g/mol. The first-order valence-electron chi connectivity index (χ1n) is 5.71. The van der Waals surface area contributed by atoms with E-state index in [0.29, 0.717) is 11.9 Å². The first kappa shape index (κ1) is 13.9. The second-order valence-electron chi connectivity index (χ2n) is 3.99. The van der Waals surface area contributed by atoms with Gasteiger partial charge in [0.15, 0.2) is 0 Å². The van der Waals surface area contributed by atoms with Crippen molar-refractivity contribution in [1.29, 1.82) is 0 Å². The summed E-state index contributed by atoms with van der Waals surface area (Å²) in [6.45, 7) is 4.46. The Kier molecular flexibility index (Phi) is 5.63. The standard InChI is InChI=1S/C13H19BrClN/c1-4-11(5-2)16(3)12-7-6-10(9-15)13(14)8-12/h6-8,11H,4-5,9H2,1-3H3. The second kappa shape index (κ2) is 6.51. The zero-order valence-electron chi connectivity index (χ0n) is 10.1. The topological polar surface area (TPSA) is 3.24 Å². The summed E-state index contributed by atoms with van der Waals surface area (Å²) >= 11 is 9.40. The molecule has 0 N–H and O–H groups in total. The van der Waals surface area contributed by atoms with Crippen molar-refractivity contribution in [3.8, 4) is 0 Å². The van der Waals surface area contributed by atoms with Gasteiger partial charge in [0, 0.05) is 29.1 Å². The van der Waals surface area contributed by atoms with Crippen LogP contribution in [0.3, 0.4) is 0 Å². The maximum Gasteiger partial charge on any atom is 0.0485 e. The predicted molar refractivity (Wildman–Crippen MR) is 76.5 cm³/mol. The van der Waals surface area contributed by atoms with Crippen LogP contribution >= 0.6 is 27.5 Å². The summed E-state index contributed by atoms with van der Waals surface area (Å²) in [7, 11) is 2.15. The van der Waals surface area contributed by atoms with E-state index in [9.17, 15) is 0 Å². The molecule has 1 aromatic carbocycles. The summed E-state index contributed by atoms with van der Waals surface area (Å²) in [5.74, 6) is 0.551. The summed E-state index contributed by atoms with van der Waals surface area (Å²) in [4.78, 5) is 2.34. The van der Waals surface area contributed by atoms with Gasteiger partial charge in [0.2, 0.25) is 0 Å². The van der Waals surface area contributed by atoms with E-state index in [2.05, 4.69) is 59.9 Å². The maximum atomic E-state index is 5.84. The summed E-state index contributed by atoms with van der Waals surface area (Å²) < 4.78 is 1.10.